The van der Waals surface area contributed by atoms with E-state index in [0.29, 0.717) is 41.0 Å². The summed E-state index contributed by atoms with van der Waals surface area (Å²) in [5.74, 6) is 0.637. The van der Waals surface area contributed by atoms with Crippen LogP contribution in [0, 0.1) is 13.8 Å². The highest BCUT2D eigenvalue weighted by Crippen LogP contribution is 2.43. The first kappa shape index (κ1) is 24.1. The first-order valence-electron chi connectivity index (χ1n) is 10.5. The van der Waals surface area contributed by atoms with Crippen molar-refractivity contribution < 1.29 is 26.0 Å². The van der Waals surface area contributed by atoms with Gasteiger partial charge < -0.3 is 9.88 Å². The highest BCUT2D eigenvalue weighted by atomic mass is 32.2. The first-order valence-corrected chi connectivity index (χ1v) is 11.9. The summed E-state index contributed by atoms with van der Waals surface area (Å²) in [5, 5.41) is 3.54. The third-order valence-corrected chi connectivity index (χ3v) is 7.80. The second-order valence-corrected chi connectivity index (χ2v) is 10.5. The number of fused-ring (bicyclic) bond motifs is 1. The van der Waals surface area contributed by atoms with Gasteiger partial charge in [0.25, 0.3) is 15.4 Å². The number of pyridine rings is 1. The molecular weight excluding hydrogens is 476 g/mol. The van der Waals surface area contributed by atoms with Crippen molar-refractivity contribution in [3.8, 4) is 0 Å². The molecule has 1 fully saturated rings. The van der Waals surface area contributed by atoms with Crippen LogP contribution in [-0.4, -0.2) is 35.1 Å². The van der Waals surface area contributed by atoms with Gasteiger partial charge in [0, 0.05) is 12.3 Å². The molecule has 1 saturated carbocycles. The molecule has 4 rings (SSSR count). The van der Waals surface area contributed by atoms with E-state index in [1.165, 1.54) is 35.9 Å². The Labute approximate surface area is 192 Å². The predicted octanol–water partition coefficient (Wildman–Crippen LogP) is 4.33. The number of benzene rings is 1. The number of sulfone groups is 1. The Morgan fingerprint density at radius 3 is 2.47 bits per heavy atom. The summed E-state index contributed by atoms with van der Waals surface area (Å²) in [6.45, 7) is 3.89. The third kappa shape index (κ3) is 3.93. The topological polar surface area (TPSA) is 94.0 Å². The number of aromatic nitrogens is 3. The van der Waals surface area contributed by atoms with Crippen molar-refractivity contribution in [1.82, 2.24) is 14.5 Å². The molecule has 7 nitrogen and oxygen atoms in total. The molecule has 1 aromatic carbocycles. The lowest BCUT2D eigenvalue weighted by Gasteiger charge is -2.21. The average Bonchev–Trinajstić information content (AvgIpc) is 3.53. The van der Waals surface area contributed by atoms with Gasteiger partial charge in [-0.3, -0.25) is 4.79 Å². The number of halogens is 4. The number of anilines is 1. The molecule has 3 aromatic rings. The van der Waals surface area contributed by atoms with Gasteiger partial charge in [0.1, 0.15) is 18.3 Å². The normalized spacial score (nSPS) is 16.4. The summed E-state index contributed by atoms with van der Waals surface area (Å²) in [4.78, 5) is 20.4. The van der Waals surface area contributed by atoms with Crippen molar-refractivity contribution in [2.75, 3.05) is 12.0 Å². The van der Waals surface area contributed by atoms with E-state index in [1.54, 1.807) is 13.8 Å². The number of rotatable bonds is 6. The number of alkyl halides is 4. The predicted molar refractivity (Wildman–Crippen MR) is 118 cm³/mol. The Hall–Kier alpha value is -3.02. The minimum absolute atomic E-state index is 0.0406. The Morgan fingerprint density at radius 1 is 1.21 bits per heavy atom. The van der Waals surface area contributed by atoms with Gasteiger partial charge in [-0.1, -0.05) is 12.1 Å². The van der Waals surface area contributed by atoms with Crippen LogP contribution in [0.1, 0.15) is 42.8 Å². The molecule has 0 aliphatic heterocycles. The lowest BCUT2D eigenvalue weighted by molar-refractivity contribution is -0.0436. The van der Waals surface area contributed by atoms with Crippen molar-refractivity contribution in [2.24, 2.45) is 0 Å². The lowest BCUT2D eigenvalue weighted by Crippen LogP contribution is -2.31. The van der Waals surface area contributed by atoms with E-state index in [4.69, 9.17) is 0 Å². The number of hydrogen-bond donors (Lipinski definition) is 1. The van der Waals surface area contributed by atoms with Gasteiger partial charge in [-0.25, -0.2) is 22.8 Å². The summed E-state index contributed by atoms with van der Waals surface area (Å²) in [6.07, 6.45) is 2.55. The third-order valence-electron chi connectivity index (χ3n) is 6.17. The molecule has 1 aliphatic rings. The molecule has 2 aromatic heterocycles. The van der Waals surface area contributed by atoms with Crippen LogP contribution in [-0.2, 0) is 15.4 Å². The molecule has 2 heterocycles. The van der Waals surface area contributed by atoms with Crippen LogP contribution in [0.3, 0.4) is 0 Å². The molecule has 0 radical (unpaired) electrons. The quantitative estimate of drug-likeness (QED) is 0.509. The lowest BCUT2D eigenvalue weighted by atomic mass is 10.0. The van der Waals surface area contributed by atoms with E-state index in [0.717, 1.165) is 6.07 Å². The molecule has 1 atom stereocenters. The maximum Gasteiger partial charge on any atom is 0.501 e. The fraction of sp³-hybridized carbons (Fsp3) is 0.409. The summed E-state index contributed by atoms with van der Waals surface area (Å²) < 4.78 is 78.3. The van der Waals surface area contributed by atoms with Crippen LogP contribution in [0.2, 0.25) is 0 Å². The highest BCUT2D eigenvalue weighted by molar-refractivity contribution is 7.92. The summed E-state index contributed by atoms with van der Waals surface area (Å²) in [7, 11) is -5.53. The fourth-order valence-corrected chi connectivity index (χ4v) is 5.11. The smallest absolute Gasteiger partial charge is 0.363 e. The van der Waals surface area contributed by atoms with Crippen molar-refractivity contribution in [3.05, 3.63) is 57.8 Å². The molecule has 12 heteroatoms. The second-order valence-electron chi connectivity index (χ2n) is 8.54. The maximum absolute atomic E-state index is 13.6. The van der Waals surface area contributed by atoms with E-state index in [1.807, 2.05) is 0 Å². The molecule has 0 amide bonds. The van der Waals surface area contributed by atoms with E-state index in [9.17, 15) is 30.8 Å². The molecule has 34 heavy (non-hydrogen) atoms. The van der Waals surface area contributed by atoms with Crippen molar-refractivity contribution in [3.63, 3.8) is 0 Å². The Kier molecular flexibility index (Phi) is 5.70. The van der Waals surface area contributed by atoms with Crippen LogP contribution < -0.4 is 10.9 Å². The van der Waals surface area contributed by atoms with E-state index in [2.05, 4.69) is 15.3 Å². The highest BCUT2D eigenvalue weighted by Gasteiger charge is 2.48. The standard InChI is InChI=1S/C22H22F4N4O3S/c1-12-15(5-4-6-18(12)34(32,33)22(24,25)26)13(2)27-20-16-10-30(21(11-23)7-8-21)19(31)9-17(16)28-14(3)29-20/h4-6,9-10,13H,7-8,11H2,1-3H3,(H,27,28,29)/t13-/m1/s1. The van der Waals surface area contributed by atoms with Crippen molar-refractivity contribution in [1.29, 1.82) is 0 Å². The van der Waals surface area contributed by atoms with E-state index >= 15 is 0 Å². The molecular formula is C22H22F4N4O3S. The minimum Gasteiger partial charge on any atom is -0.363 e. The summed E-state index contributed by atoms with van der Waals surface area (Å²) in [5.41, 5.74) is -6.07. The summed E-state index contributed by atoms with van der Waals surface area (Å²) >= 11 is 0. The number of aryl methyl sites for hydroxylation is 1. The zero-order valence-corrected chi connectivity index (χ0v) is 19.4. The first-order chi connectivity index (χ1) is 15.8. The minimum atomic E-state index is -5.53. The maximum atomic E-state index is 13.6. The van der Waals surface area contributed by atoms with Crippen LogP contribution in [0.15, 0.2) is 40.2 Å². The molecule has 0 unspecified atom stereocenters. The molecule has 1 aliphatic carbocycles. The molecule has 182 valence electrons. The largest absolute Gasteiger partial charge is 0.501 e. The molecule has 1 N–H and O–H groups in total. The van der Waals surface area contributed by atoms with E-state index in [-0.39, 0.29) is 11.1 Å². The Bertz CT molecular complexity index is 1450. The number of nitrogens with zero attached hydrogens (tertiary/aromatic N) is 3. The zero-order valence-electron chi connectivity index (χ0n) is 18.6. The van der Waals surface area contributed by atoms with Crippen LogP contribution in [0.5, 0.6) is 0 Å². The van der Waals surface area contributed by atoms with Gasteiger partial charge in [-0.15, -0.1) is 0 Å². The van der Waals surface area contributed by atoms with Gasteiger partial charge in [0.2, 0.25) is 0 Å². The average molecular weight is 499 g/mol. The summed E-state index contributed by atoms with van der Waals surface area (Å²) in [6, 6.07) is 4.34. The number of nitrogens with one attached hydrogen (secondary N) is 1. The van der Waals surface area contributed by atoms with Crippen LogP contribution in [0.25, 0.3) is 10.9 Å². The second kappa shape index (κ2) is 8.03. The zero-order chi connectivity index (χ0) is 25.1. The monoisotopic (exact) mass is 498 g/mol. The fourth-order valence-electron chi connectivity index (χ4n) is 4.08. The van der Waals surface area contributed by atoms with Gasteiger partial charge in [-0.2, -0.15) is 13.2 Å². The Balaban J connectivity index is 1.79. The Morgan fingerprint density at radius 2 is 1.88 bits per heavy atom. The van der Waals surface area contributed by atoms with Gasteiger partial charge in [0.15, 0.2) is 0 Å². The van der Waals surface area contributed by atoms with E-state index < -0.39 is 38.5 Å². The van der Waals surface area contributed by atoms with Crippen LogP contribution >= 0.6 is 0 Å². The van der Waals surface area contributed by atoms with Gasteiger partial charge in [0.05, 0.1) is 27.4 Å². The molecule has 0 saturated heterocycles. The van der Waals surface area contributed by atoms with Crippen molar-refractivity contribution in [2.45, 2.75) is 55.6 Å². The SMILES string of the molecule is Cc1nc(N[C@H](C)c2cccc(S(=O)(=O)C(F)(F)F)c2C)c2cn(C3(CF)CC3)c(=O)cc2n1. The van der Waals surface area contributed by atoms with Crippen molar-refractivity contribution >= 4 is 26.6 Å². The van der Waals surface area contributed by atoms with Gasteiger partial charge in [-0.05, 0) is 50.8 Å². The number of hydrogen-bond acceptors (Lipinski definition) is 6. The van der Waals surface area contributed by atoms with Crippen LogP contribution in [0.4, 0.5) is 23.4 Å². The molecule has 0 spiro atoms. The molecule has 0 bridgehead atoms. The van der Waals surface area contributed by atoms with Gasteiger partial charge >= 0.3 is 5.51 Å².